The van der Waals surface area contributed by atoms with Crippen molar-refractivity contribution in [1.29, 1.82) is 0 Å². The average Bonchev–Trinajstić information content (AvgIpc) is 2.39. The third-order valence-electron chi connectivity index (χ3n) is 2.76. The fourth-order valence-corrected chi connectivity index (χ4v) is 2.03. The number of halogens is 1. The van der Waals surface area contributed by atoms with E-state index in [1.165, 1.54) is 12.0 Å². The minimum absolute atomic E-state index is 0.112. The number of hydrogen-bond acceptors (Lipinski definition) is 3. The van der Waals surface area contributed by atoms with E-state index in [4.69, 9.17) is 21.4 Å². The van der Waals surface area contributed by atoms with Gasteiger partial charge in [-0.3, -0.25) is 9.59 Å². The van der Waals surface area contributed by atoms with Crippen molar-refractivity contribution in [2.45, 2.75) is 26.2 Å². The van der Waals surface area contributed by atoms with Crippen molar-refractivity contribution in [3.63, 3.8) is 0 Å². The van der Waals surface area contributed by atoms with E-state index in [1.54, 1.807) is 18.2 Å². The summed E-state index contributed by atoms with van der Waals surface area (Å²) in [6.45, 7) is 2.02. The lowest BCUT2D eigenvalue weighted by Gasteiger charge is -2.22. The largest absolute Gasteiger partial charge is 0.495 e. The SMILES string of the molecule is CCCC(=O)N(CCC(=O)O)c1ccc(OC)c(Cl)c1. The molecule has 0 radical (unpaired) electrons. The van der Waals surface area contributed by atoms with Gasteiger partial charge in [-0.2, -0.15) is 0 Å². The summed E-state index contributed by atoms with van der Waals surface area (Å²) >= 11 is 6.04. The first-order chi connectivity index (χ1) is 9.49. The van der Waals surface area contributed by atoms with Crippen LogP contribution < -0.4 is 9.64 Å². The van der Waals surface area contributed by atoms with Gasteiger partial charge in [0.15, 0.2) is 0 Å². The van der Waals surface area contributed by atoms with Crippen LogP contribution in [0.2, 0.25) is 5.02 Å². The summed E-state index contributed by atoms with van der Waals surface area (Å²) in [5.41, 5.74) is 0.579. The normalized spacial score (nSPS) is 10.2. The van der Waals surface area contributed by atoms with Crippen molar-refractivity contribution >= 4 is 29.2 Å². The van der Waals surface area contributed by atoms with Crippen LogP contribution in [0.25, 0.3) is 0 Å². The summed E-state index contributed by atoms with van der Waals surface area (Å²) in [6.07, 6.45) is 0.953. The highest BCUT2D eigenvalue weighted by Crippen LogP contribution is 2.29. The first kappa shape index (κ1) is 16.3. The van der Waals surface area contributed by atoms with E-state index >= 15 is 0 Å². The third kappa shape index (κ3) is 4.42. The Morgan fingerprint density at radius 2 is 2.05 bits per heavy atom. The number of methoxy groups -OCH3 is 1. The Hall–Kier alpha value is -1.75. The first-order valence-electron chi connectivity index (χ1n) is 6.35. The lowest BCUT2D eigenvalue weighted by Crippen LogP contribution is -2.32. The van der Waals surface area contributed by atoms with Crippen LogP contribution in [0.4, 0.5) is 5.69 Å². The topological polar surface area (TPSA) is 66.8 Å². The molecule has 20 heavy (non-hydrogen) atoms. The number of carbonyl (C=O) groups is 2. The van der Waals surface area contributed by atoms with E-state index in [2.05, 4.69) is 0 Å². The fraction of sp³-hybridized carbons (Fsp3) is 0.429. The van der Waals surface area contributed by atoms with Gasteiger partial charge in [0.05, 0.1) is 18.6 Å². The van der Waals surface area contributed by atoms with Gasteiger partial charge in [0.25, 0.3) is 0 Å². The molecule has 1 rings (SSSR count). The molecule has 0 unspecified atom stereocenters. The van der Waals surface area contributed by atoms with Crippen LogP contribution in [0.5, 0.6) is 5.75 Å². The van der Waals surface area contributed by atoms with E-state index in [1.807, 2.05) is 6.92 Å². The second kappa shape index (κ2) is 7.75. The second-order valence-corrected chi connectivity index (χ2v) is 4.67. The summed E-state index contributed by atoms with van der Waals surface area (Å²) in [4.78, 5) is 24.2. The van der Waals surface area contributed by atoms with E-state index in [0.29, 0.717) is 29.3 Å². The van der Waals surface area contributed by atoms with Crippen LogP contribution in [0.1, 0.15) is 26.2 Å². The van der Waals surface area contributed by atoms with Crippen LogP contribution in [0.3, 0.4) is 0 Å². The van der Waals surface area contributed by atoms with E-state index in [-0.39, 0.29) is 18.9 Å². The van der Waals surface area contributed by atoms with Gasteiger partial charge in [-0.05, 0) is 24.6 Å². The smallest absolute Gasteiger partial charge is 0.305 e. The Morgan fingerprint density at radius 1 is 1.35 bits per heavy atom. The summed E-state index contributed by atoms with van der Waals surface area (Å²) in [7, 11) is 1.51. The molecule has 0 aliphatic rings. The Morgan fingerprint density at radius 3 is 2.55 bits per heavy atom. The van der Waals surface area contributed by atoms with Crippen LogP contribution in [0, 0.1) is 0 Å². The first-order valence-corrected chi connectivity index (χ1v) is 6.73. The summed E-state index contributed by atoms with van der Waals surface area (Å²) < 4.78 is 5.06. The molecule has 0 spiro atoms. The lowest BCUT2D eigenvalue weighted by molar-refractivity contribution is -0.136. The molecule has 1 N–H and O–H groups in total. The third-order valence-corrected chi connectivity index (χ3v) is 3.06. The highest BCUT2D eigenvalue weighted by Gasteiger charge is 2.17. The second-order valence-electron chi connectivity index (χ2n) is 4.26. The molecule has 0 heterocycles. The predicted octanol–water partition coefficient (Wildman–Crippen LogP) is 2.96. The van der Waals surface area contributed by atoms with E-state index in [0.717, 1.165) is 0 Å². The van der Waals surface area contributed by atoms with Crippen molar-refractivity contribution in [3.8, 4) is 5.75 Å². The highest BCUT2D eigenvalue weighted by atomic mass is 35.5. The number of carbonyl (C=O) groups excluding carboxylic acids is 1. The monoisotopic (exact) mass is 299 g/mol. The molecule has 1 aromatic rings. The number of rotatable bonds is 7. The predicted molar refractivity (Wildman–Crippen MR) is 77.5 cm³/mol. The van der Waals surface area contributed by atoms with Gasteiger partial charge in [-0.25, -0.2) is 0 Å². The number of carboxylic acid groups (broad SMARTS) is 1. The number of aliphatic carboxylic acids is 1. The number of anilines is 1. The standard InChI is InChI=1S/C14H18ClNO4/c1-3-4-13(17)16(8-7-14(18)19)10-5-6-12(20-2)11(15)9-10/h5-6,9H,3-4,7-8H2,1-2H3,(H,18,19). The molecular formula is C14H18ClNO4. The molecule has 110 valence electrons. The number of nitrogens with zero attached hydrogens (tertiary/aromatic N) is 1. The molecule has 1 aromatic carbocycles. The number of amides is 1. The fourth-order valence-electron chi connectivity index (χ4n) is 1.78. The molecule has 0 saturated heterocycles. The molecular weight excluding hydrogens is 282 g/mol. The van der Waals surface area contributed by atoms with Crippen LogP contribution >= 0.6 is 11.6 Å². The summed E-state index contributed by atoms with van der Waals surface area (Å²) in [5, 5.41) is 9.16. The Balaban J connectivity index is 2.99. The number of hydrogen-bond donors (Lipinski definition) is 1. The van der Waals surface area contributed by atoms with Crippen molar-refractivity contribution < 1.29 is 19.4 Å². The Bertz CT molecular complexity index is 490. The molecule has 0 fully saturated rings. The van der Waals surface area contributed by atoms with Crippen molar-refractivity contribution in [2.75, 3.05) is 18.6 Å². The zero-order valence-corrected chi connectivity index (χ0v) is 12.3. The van der Waals surface area contributed by atoms with Gasteiger partial charge in [-0.15, -0.1) is 0 Å². The molecule has 5 nitrogen and oxygen atoms in total. The maximum absolute atomic E-state index is 12.1. The average molecular weight is 300 g/mol. The molecule has 6 heteroatoms. The summed E-state index contributed by atoms with van der Waals surface area (Å²) in [6, 6.07) is 4.96. The van der Waals surface area contributed by atoms with Crippen molar-refractivity contribution in [3.05, 3.63) is 23.2 Å². The maximum atomic E-state index is 12.1. The van der Waals surface area contributed by atoms with Gasteiger partial charge < -0.3 is 14.7 Å². The summed E-state index contributed by atoms with van der Waals surface area (Å²) in [5.74, 6) is -0.551. The van der Waals surface area contributed by atoms with Gasteiger partial charge in [0.2, 0.25) is 5.91 Å². The van der Waals surface area contributed by atoms with Gasteiger partial charge in [-0.1, -0.05) is 18.5 Å². The van der Waals surface area contributed by atoms with Crippen LogP contribution in [0.15, 0.2) is 18.2 Å². The number of benzene rings is 1. The van der Waals surface area contributed by atoms with Gasteiger partial charge in [0, 0.05) is 18.7 Å². The van der Waals surface area contributed by atoms with Gasteiger partial charge in [0.1, 0.15) is 5.75 Å². The zero-order chi connectivity index (χ0) is 15.1. The highest BCUT2D eigenvalue weighted by molar-refractivity contribution is 6.32. The number of carboxylic acids is 1. The Labute approximate surface area is 123 Å². The molecule has 0 aliphatic heterocycles. The van der Waals surface area contributed by atoms with E-state index < -0.39 is 5.97 Å². The van der Waals surface area contributed by atoms with Gasteiger partial charge >= 0.3 is 5.97 Å². The Kier molecular flexibility index (Phi) is 6.31. The molecule has 0 bridgehead atoms. The molecule has 0 aromatic heterocycles. The maximum Gasteiger partial charge on any atom is 0.305 e. The molecule has 0 atom stereocenters. The zero-order valence-electron chi connectivity index (χ0n) is 11.6. The minimum atomic E-state index is -0.945. The lowest BCUT2D eigenvalue weighted by atomic mass is 10.2. The van der Waals surface area contributed by atoms with Crippen molar-refractivity contribution in [1.82, 2.24) is 0 Å². The quantitative estimate of drug-likeness (QED) is 0.840. The van der Waals surface area contributed by atoms with Crippen molar-refractivity contribution in [2.24, 2.45) is 0 Å². The van der Waals surface area contributed by atoms with Crippen LogP contribution in [-0.4, -0.2) is 30.6 Å². The minimum Gasteiger partial charge on any atom is -0.495 e. The molecule has 0 saturated carbocycles. The number of ether oxygens (including phenoxy) is 1. The molecule has 0 aliphatic carbocycles. The van der Waals surface area contributed by atoms with Crippen LogP contribution in [-0.2, 0) is 9.59 Å². The molecule has 1 amide bonds. The van der Waals surface area contributed by atoms with E-state index in [9.17, 15) is 9.59 Å².